The first kappa shape index (κ1) is 12.1. The van der Waals surface area contributed by atoms with E-state index in [4.69, 9.17) is 0 Å². The summed E-state index contributed by atoms with van der Waals surface area (Å²) in [6, 6.07) is 14.6. The molecule has 2 aromatic rings. The molecular weight excluding hydrogens is 276 g/mol. The molecular formula is C14H15BrN2. The summed E-state index contributed by atoms with van der Waals surface area (Å²) in [6.45, 7) is 1.91. The van der Waals surface area contributed by atoms with Crippen LogP contribution in [0, 0.1) is 0 Å². The van der Waals surface area contributed by atoms with E-state index in [2.05, 4.69) is 50.1 Å². The minimum absolute atomic E-state index is 0.927. The third-order valence-electron chi connectivity index (χ3n) is 2.60. The van der Waals surface area contributed by atoms with Crippen molar-refractivity contribution in [1.29, 1.82) is 0 Å². The highest BCUT2D eigenvalue weighted by atomic mass is 79.9. The van der Waals surface area contributed by atoms with Crippen LogP contribution in [0.1, 0.15) is 5.56 Å². The molecule has 88 valence electrons. The number of aromatic nitrogens is 1. The largest absolute Gasteiger partial charge is 0.366 e. The standard InChI is InChI=1S/C14H15BrN2/c15-8-11-17(14-6-9-16-10-7-14)12-13-4-2-1-3-5-13/h1-7,9-10H,8,11-12H2. The van der Waals surface area contributed by atoms with Crippen LogP contribution in [-0.2, 0) is 6.54 Å². The molecule has 0 radical (unpaired) electrons. The van der Waals surface area contributed by atoms with Crippen molar-refractivity contribution < 1.29 is 0 Å². The van der Waals surface area contributed by atoms with E-state index in [-0.39, 0.29) is 0 Å². The van der Waals surface area contributed by atoms with E-state index >= 15 is 0 Å². The fourth-order valence-electron chi connectivity index (χ4n) is 1.76. The van der Waals surface area contributed by atoms with E-state index in [1.165, 1.54) is 11.3 Å². The first-order chi connectivity index (χ1) is 8.40. The molecule has 1 aromatic heterocycles. The highest BCUT2D eigenvalue weighted by molar-refractivity contribution is 9.09. The van der Waals surface area contributed by atoms with Crippen molar-refractivity contribution in [3.63, 3.8) is 0 Å². The molecule has 0 aliphatic heterocycles. The summed E-state index contributed by atoms with van der Waals surface area (Å²) >= 11 is 3.50. The van der Waals surface area contributed by atoms with Gasteiger partial charge in [0.05, 0.1) is 0 Å². The quantitative estimate of drug-likeness (QED) is 0.784. The number of rotatable bonds is 5. The van der Waals surface area contributed by atoms with Crippen LogP contribution >= 0.6 is 15.9 Å². The summed E-state index contributed by atoms with van der Waals surface area (Å²) in [4.78, 5) is 6.40. The molecule has 2 nitrogen and oxygen atoms in total. The van der Waals surface area contributed by atoms with Crippen molar-refractivity contribution in [2.24, 2.45) is 0 Å². The van der Waals surface area contributed by atoms with Gasteiger partial charge >= 0.3 is 0 Å². The Hall–Kier alpha value is -1.35. The van der Waals surface area contributed by atoms with Crippen LogP contribution in [0.3, 0.4) is 0 Å². The van der Waals surface area contributed by atoms with Gasteiger partial charge in [0.25, 0.3) is 0 Å². The Balaban J connectivity index is 2.13. The highest BCUT2D eigenvalue weighted by Crippen LogP contribution is 2.15. The maximum atomic E-state index is 4.06. The molecule has 0 amide bonds. The van der Waals surface area contributed by atoms with Crippen LogP contribution in [0.4, 0.5) is 5.69 Å². The Labute approximate surface area is 110 Å². The van der Waals surface area contributed by atoms with E-state index < -0.39 is 0 Å². The van der Waals surface area contributed by atoms with Gasteiger partial charge in [-0.15, -0.1) is 0 Å². The van der Waals surface area contributed by atoms with Gasteiger partial charge in [-0.2, -0.15) is 0 Å². The summed E-state index contributed by atoms with van der Waals surface area (Å²) in [7, 11) is 0. The monoisotopic (exact) mass is 290 g/mol. The number of benzene rings is 1. The smallest absolute Gasteiger partial charge is 0.0429 e. The number of anilines is 1. The molecule has 0 bridgehead atoms. The average molecular weight is 291 g/mol. The lowest BCUT2D eigenvalue weighted by Crippen LogP contribution is -2.24. The van der Waals surface area contributed by atoms with Crippen LogP contribution in [0.5, 0.6) is 0 Å². The molecule has 2 rings (SSSR count). The number of nitrogens with zero attached hydrogens (tertiary/aromatic N) is 2. The predicted molar refractivity (Wildman–Crippen MR) is 75.5 cm³/mol. The van der Waals surface area contributed by atoms with Crippen LogP contribution in [0.25, 0.3) is 0 Å². The minimum Gasteiger partial charge on any atom is -0.366 e. The molecule has 0 unspecified atom stereocenters. The molecule has 0 aliphatic rings. The van der Waals surface area contributed by atoms with Gasteiger partial charge in [-0.05, 0) is 17.7 Å². The summed E-state index contributed by atoms with van der Waals surface area (Å²) in [5.74, 6) is 0. The van der Waals surface area contributed by atoms with Gasteiger partial charge in [0.15, 0.2) is 0 Å². The van der Waals surface area contributed by atoms with E-state index in [0.717, 1.165) is 18.4 Å². The molecule has 0 atom stereocenters. The van der Waals surface area contributed by atoms with Crippen molar-refractivity contribution in [2.45, 2.75) is 6.54 Å². The van der Waals surface area contributed by atoms with Crippen molar-refractivity contribution in [3.8, 4) is 0 Å². The molecule has 3 heteroatoms. The number of pyridine rings is 1. The van der Waals surface area contributed by atoms with Crippen molar-refractivity contribution in [2.75, 3.05) is 16.8 Å². The number of halogens is 1. The topological polar surface area (TPSA) is 16.1 Å². The molecule has 0 spiro atoms. The Morgan fingerprint density at radius 2 is 1.71 bits per heavy atom. The van der Waals surface area contributed by atoms with E-state index in [1.807, 2.05) is 30.6 Å². The molecule has 1 heterocycles. The van der Waals surface area contributed by atoms with Crippen LogP contribution in [-0.4, -0.2) is 16.9 Å². The second-order valence-corrected chi connectivity index (χ2v) is 4.59. The van der Waals surface area contributed by atoms with Gasteiger partial charge in [0.2, 0.25) is 0 Å². The van der Waals surface area contributed by atoms with Gasteiger partial charge in [0, 0.05) is 36.5 Å². The van der Waals surface area contributed by atoms with Gasteiger partial charge in [-0.1, -0.05) is 46.3 Å². The van der Waals surface area contributed by atoms with Crippen molar-refractivity contribution >= 4 is 21.6 Å². The van der Waals surface area contributed by atoms with Crippen molar-refractivity contribution in [1.82, 2.24) is 4.98 Å². The molecule has 1 aromatic carbocycles. The summed E-state index contributed by atoms with van der Waals surface area (Å²) in [5.41, 5.74) is 2.54. The highest BCUT2D eigenvalue weighted by Gasteiger charge is 2.05. The second-order valence-electron chi connectivity index (χ2n) is 3.80. The summed E-state index contributed by atoms with van der Waals surface area (Å²) < 4.78 is 0. The first-order valence-electron chi connectivity index (χ1n) is 5.65. The zero-order chi connectivity index (χ0) is 11.9. The average Bonchev–Trinajstić information content (AvgIpc) is 2.40. The van der Waals surface area contributed by atoms with Crippen LogP contribution in [0.15, 0.2) is 54.9 Å². The Morgan fingerprint density at radius 1 is 1.00 bits per heavy atom. The van der Waals surface area contributed by atoms with Crippen LogP contribution < -0.4 is 4.90 Å². The van der Waals surface area contributed by atoms with E-state index in [0.29, 0.717) is 0 Å². The summed E-state index contributed by atoms with van der Waals surface area (Å²) in [5, 5.41) is 0.960. The van der Waals surface area contributed by atoms with E-state index in [1.54, 1.807) is 0 Å². The Morgan fingerprint density at radius 3 is 2.35 bits per heavy atom. The van der Waals surface area contributed by atoms with Crippen LogP contribution in [0.2, 0.25) is 0 Å². The maximum Gasteiger partial charge on any atom is 0.0429 e. The Kier molecular flexibility index (Phi) is 4.56. The molecule has 17 heavy (non-hydrogen) atoms. The van der Waals surface area contributed by atoms with Gasteiger partial charge < -0.3 is 4.90 Å². The lowest BCUT2D eigenvalue weighted by molar-refractivity contribution is 0.839. The third kappa shape index (κ3) is 3.56. The van der Waals surface area contributed by atoms with Gasteiger partial charge in [-0.25, -0.2) is 0 Å². The fraction of sp³-hybridized carbons (Fsp3) is 0.214. The minimum atomic E-state index is 0.927. The zero-order valence-electron chi connectivity index (χ0n) is 9.59. The second kappa shape index (κ2) is 6.40. The van der Waals surface area contributed by atoms with E-state index in [9.17, 15) is 0 Å². The predicted octanol–water partition coefficient (Wildman–Crippen LogP) is 3.48. The van der Waals surface area contributed by atoms with Gasteiger partial charge in [0.1, 0.15) is 0 Å². The molecule has 0 saturated heterocycles. The first-order valence-corrected chi connectivity index (χ1v) is 6.77. The fourth-order valence-corrected chi connectivity index (χ4v) is 2.19. The number of alkyl halides is 1. The lowest BCUT2D eigenvalue weighted by Gasteiger charge is -2.23. The molecule has 0 fully saturated rings. The molecule has 0 aliphatic carbocycles. The summed E-state index contributed by atoms with van der Waals surface area (Å²) in [6.07, 6.45) is 3.67. The number of hydrogen-bond acceptors (Lipinski definition) is 2. The third-order valence-corrected chi connectivity index (χ3v) is 2.95. The van der Waals surface area contributed by atoms with Crippen molar-refractivity contribution in [3.05, 3.63) is 60.4 Å². The molecule has 0 saturated carbocycles. The lowest BCUT2D eigenvalue weighted by atomic mass is 10.2. The number of hydrogen-bond donors (Lipinski definition) is 0. The van der Waals surface area contributed by atoms with Gasteiger partial charge in [-0.3, -0.25) is 4.98 Å². The Bertz CT molecular complexity index is 430. The SMILES string of the molecule is BrCCN(Cc1ccccc1)c1ccncc1. The maximum absolute atomic E-state index is 4.06. The normalized spacial score (nSPS) is 10.2. The zero-order valence-corrected chi connectivity index (χ0v) is 11.2. The molecule has 0 N–H and O–H groups in total.